The predicted molar refractivity (Wildman–Crippen MR) is 73.9 cm³/mol. The fraction of sp³-hybridized carbons (Fsp3) is 0.857. The molecule has 0 rings (SSSR count). The van der Waals surface area contributed by atoms with Gasteiger partial charge in [-0.2, -0.15) is 0 Å². The van der Waals surface area contributed by atoms with Crippen LogP contribution in [0.1, 0.15) is 48.5 Å². The number of rotatable bonds is 6. The standard InChI is InChI=1S/C14H27NO4/c1-8-15(9-2)12(17)19-14(6,7)13(4,5)11(16)18-10-3/h8-10H2,1-7H3. The molecule has 0 N–H and O–H groups in total. The first-order chi connectivity index (χ1) is 8.63. The fourth-order valence-electron chi connectivity index (χ4n) is 1.45. The zero-order valence-corrected chi connectivity index (χ0v) is 13.2. The van der Waals surface area contributed by atoms with E-state index in [2.05, 4.69) is 0 Å². The molecule has 0 aliphatic rings. The Morgan fingerprint density at radius 1 is 1.00 bits per heavy atom. The van der Waals surface area contributed by atoms with Crippen molar-refractivity contribution in [2.45, 2.75) is 54.1 Å². The summed E-state index contributed by atoms with van der Waals surface area (Å²) in [5.41, 5.74) is -1.86. The van der Waals surface area contributed by atoms with Gasteiger partial charge in [-0.15, -0.1) is 0 Å². The molecule has 5 heteroatoms. The maximum atomic E-state index is 12.0. The number of carbonyl (C=O) groups excluding carboxylic acids is 2. The van der Waals surface area contributed by atoms with Crippen LogP contribution >= 0.6 is 0 Å². The first kappa shape index (κ1) is 17.7. The third kappa shape index (κ3) is 4.11. The van der Waals surface area contributed by atoms with E-state index >= 15 is 0 Å². The first-order valence-electron chi connectivity index (χ1n) is 6.79. The Morgan fingerprint density at radius 3 is 1.84 bits per heavy atom. The molecule has 0 fully saturated rings. The maximum absolute atomic E-state index is 12.0. The molecule has 0 aromatic carbocycles. The van der Waals surface area contributed by atoms with Crippen LogP contribution in [-0.2, 0) is 14.3 Å². The average Bonchev–Trinajstić information content (AvgIpc) is 2.29. The lowest BCUT2D eigenvalue weighted by molar-refractivity contribution is -0.167. The smallest absolute Gasteiger partial charge is 0.410 e. The molecule has 5 nitrogen and oxygen atoms in total. The molecule has 0 atom stereocenters. The summed E-state index contributed by atoms with van der Waals surface area (Å²) in [5, 5.41) is 0. The van der Waals surface area contributed by atoms with Gasteiger partial charge in [0, 0.05) is 13.1 Å². The highest BCUT2D eigenvalue weighted by Gasteiger charge is 2.48. The molecule has 0 aromatic rings. The minimum absolute atomic E-state index is 0.308. The summed E-state index contributed by atoms with van der Waals surface area (Å²) in [5.74, 6) is -0.368. The van der Waals surface area contributed by atoms with Crippen LogP contribution in [0.4, 0.5) is 4.79 Å². The van der Waals surface area contributed by atoms with Crippen molar-refractivity contribution in [1.29, 1.82) is 0 Å². The Labute approximate surface area is 116 Å². The van der Waals surface area contributed by atoms with Crippen molar-refractivity contribution in [1.82, 2.24) is 4.90 Å². The van der Waals surface area contributed by atoms with Gasteiger partial charge in [-0.3, -0.25) is 4.79 Å². The third-order valence-electron chi connectivity index (χ3n) is 3.66. The number of hydrogen-bond donors (Lipinski definition) is 0. The molecule has 0 aliphatic carbocycles. The predicted octanol–water partition coefficient (Wildman–Crippen LogP) is 2.83. The number of carbonyl (C=O) groups is 2. The van der Waals surface area contributed by atoms with Crippen molar-refractivity contribution < 1.29 is 19.1 Å². The monoisotopic (exact) mass is 273 g/mol. The molecule has 0 aliphatic heterocycles. The fourth-order valence-corrected chi connectivity index (χ4v) is 1.45. The van der Waals surface area contributed by atoms with Crippen molar-refractivity contribution >= 4 is 12.1 Å². The second-order valence-electron chi connectivity index (χ2n) is 5.40. The third-order valence-corrected chi connectivity index (χ3v) is 3.66. The minimum atomic E-state index is -0.946. The summed E-state index contributed by atoms with van der Waals surface area (Å²) >= 11 is 0. The van der Waals surface area contributed by atoms with Gasteiger partial charge in [-0.05, 0) is 48.5 Å². The molecule has 0 unspecified atom stereocenters. The van der Waals surface area contributed by atoms with Crippen LogP contribution in [0.3, 0.4) is 0 Å². The number of amides is 1. The van der Waals surface area contributed by atoms with Crippen LogP contribution in [-0.4, -0.2) is 42.3 Å². The van der Waals surface area contributed by atoms with Crippen molar-refractivity contribution in [2.24, 2.45) is 5.41 Å². The van der Waals surface area contributed by atoms with Gasteiger partial charge in [0.1, 0.15) is 11.0 Å². The van der Waals surface area contributed by atoms with E-state index in [9.17, 15) is 9.59 Å². The van der Waals surface area contributed by atoms with Crippen LogP contribution in [0.5, 0.6) is 0 Å². The maximum Gasteiger partial charge on any atom is 0.410 e. The van der Waals surface area contributed by atoms with E-state index in [1.165, 1.54) is 0 Å². The highest BCUT2D eigenvalue weighted by Crippen LogP contribution is 2.35. The SMILES string of the molecule is CCOC(=O)C(C)(C)C(C)(C)OC(=O)N(CC)CC. The summed E-state index contributed by atoms with van der Waals surface area (Å²) < 4.78 is 10.5. The van der Waals surface area contributed by atoms with Crippen molar-refractivity contribution in [3.63, 3.8) is 0 Å². The van der Waals surface area contributed by atoms with E-state index in [4.69, 9.17) is 9.47 Å². The van der Waals surface area contributed by atoms with Gasteiger partial charge in [-0.25, -0.2) is 4.79 Å². The minimum Gasteiger partial charge on any atom is -0.465 e. The Hall–Kier alpha value is -1.26. The van der Waals surface area contributed by atoms with E-state index in [1.54, 1.807) is 39.5 Å². The molecule has 19 heavy (non-hydrogen) atoms. The lowest BCUT2D eigenvalue weighted by Crippen LogP contribution is -2.51. The zero-order valence-electron chi connectivity index (χ0n) is 13.2. The zero-order chi connectivity index (χ0) is 15.3. The highest BCUT2D eigenvalue weighted by molar-refractivity contribution is 5.78. The largest absolute Gasteiger partial charge is 0.465 e. The van der Waals surface area contributed by atoms with Crippen molar-refractivity contribution in [3.8, 4) is 0 Å². The summed E-state index contributed by atoms with van der Waals surface area (Å²) in [6.07, 6.45) is -0.410. The number of ether oxygens (including phenoxy) is 2. The second-order valence-corrected chi connectivity index (χ2v) is 5.40. The number of nitrogens with zero attached hydrogens (tertiary/aromatic N) is 1. The Morgan fingerprint density at radius 2 is 1.47 bits per heavy atom. The number of hydrogen-bond acceptors (Lipinski definition) is 4. The van der Waals surface area contributed by atoms with Crippen LogP contribution in [0.2, 0.25) is 0 Å². The van der Waals surface area contributed by atoms with Gasteiger partial charge >= 0.3 is 12.1 Å². The molecular formula is C14H27NO4. The molecule has 0 radical (unpaired) electrons. The summed E-state index contributed by atoms with van der Waals surface area (Å²) in [4.78, 5) is 25.5. The topological polar surface area (TPSA) is 55.8 Å². The Balaban J connectivity index is 4.95. The van der Waals surface area contributed by atoms with E-state index in [0.717, 1.165) is 0 Å². The van der Waals surface area contributed by atoms with Gasteiger partial charge in [0.2, 0.25) is 0 Å². The molecule has 0 spiro atoms. The van der Waals surface area contributed by atoms with Gasteiger partial charge in [0.05, 0.1) is 6.61 Å². The summed E-state index contributed by atoms with van der Waals surface area (Å²) in [7, 11) is 0. The van der Waals surface area contributed by atoms with Gasteiger partial charge in [0.25, 0.3) is 0 Å². The van der Waals surface area contributed by atoms with Crippen molar-refractivity contribution in [2.75, 3.05) is 19.7 Å². The van der Waals surface area contributed by atoms with Crippen LogP contribution in [0.15, 0.2) is 0 Å². The van der Waals surface area contributed by atoms with E-state index in [0.29, 0.717) is 19.7 Å². The molecule has 1 amide bonds. The second kappa shape index (κ2) is 6.78. The average molecular weight is 273 g/mol. The normalized spacial score (nSPS) is 11.9. The van der Waals surface area contributed by atoms with Crippen LogP contribution in [0, 0.1) is 5.41 Å². The first-order valence-corrected chi connectivity index (χ1v) is 6.79. The van der Waals surface area contributed by atoms with Gasteiger partial charge in [0.15, 0.2) is 0 Å². The highest BCUT2D eigenvalue weighted by atomic mass is 16.6. The molecular weight excluding hydrogens is 246 g/mol. The Bertz CT molecular complexity index is 319. The molecule has 0 aromatic heterocycles. The van der Waals surface area contributed by atoms with Gasteiger partial charge in [-0.1, -0.05) is 0 Å². The summed E-state index contributed by atoms with van der Waals surface area (Å²) in [6.45, 7) is 13.9. The molecule has 112 valence electrons. The summed E-state index contributed by atoms with van der Waals surface area (Å²) in [6, 6.07) is 0. The quantitative estimate of drug-likeness (QED) is 0.698. The lowest BCUT2D eigenvalue weighted by atomic mass is 9.77. The molecule has 0 heterocycles. The number of esters is 1. The molecule has 0 saturated carbocycles. The molecule has 0 bridgehead atoms. The molecule has 0 saturated heterocycles. The van der Waals surface area contributed by atoms with E-state index < -0.39 is 17.1 Å². The van der Waals surface area contributed by atoms with Crippen LogP contribution < -0.4 is 0 Å². The van der Waals surface area contributed by atoms with Gasteiger partial charge < -0.3 is 14.4 Å². The Kier molecular flexibility index (Phi) is 6.33. The lowest BCUT2D eigenvalue weighted by Gasteiger charge is -2.39. The van der Waals surface area contributed by atoms with E-state index in [1.807, 2.05) is 13.8 Å². The van der Waals surface area contributed by atoms with Crippen molar-refractivity contribution in [3.05, 3.63) is 0 Å². The van der Waals surface area contributed by atoms with E-state index in [-0.39, 0.29) is 5.97 Å². The van der Waals surface area contributed by atoms with Crippen LogP contribution in [0.25, 0.3) is 0 Å².